The van der Waals surface area contributed by atoms with Crippen molar-refractivity contribution in [2.24, 2.45) is 11.3 Å². The molecule has 1 heterocycles. The third-order valence-electron chi connectivity index (χ3n) is 3.86. The minimum atomic E-state index is -0.399. The van der Waals surface area contributed by atoms with Crippen molar-refractivity contribution in [1.29, 1.82) is 0 Å². The number of hydrogen-bond acceptors (Lipinski definition) is 3. The fourth-order valence-corrected chi connectivity index (χ4v) is 2.99. The van der Waals surface area contributed by atoms with Gasteiger partial charge in [0.1, 0.15) is 5.75 Å². The van der Waals surface area contributed by atoms with Gasteiger partial charge in [-0.25, -0.2) is 0 Å². The van der Waals surface area contributed by atoms with E-state index in [2.05, 4.69) is 0 Å². The molecule has 1 aliphatic rings. The van der Waals surface area contributed by atoms with Crippen molar-refractivity contribution in [1.82, 2.24) is 4.90 Å². The Kier molecular flexibility index (Phi) is 5.58. The zero-order valence-electron chi connectivity index (χ0n) is 13.6. The zero-order chi connectivity index (χ0) is 17.2. The van der Waals surface area contributed by atoms with Crippen LogP contribution in [0.15, 0.2) is 18.2 Å². The lowest BCUT2D eigenvalue weighted by molar-refractivity contribution is -0.146. The fourth-order valence-electron chi connectivity index (χ4n) is 2.54. The topological polar surface area (TPSA) is 46.6 Å². The van der Waals surface area contributed by atoms with Crippen molar-refractivity contribution in [3.05, 3.63) is 28.2 Å². The maximum absolute atomic E-state index is 12.3. The summed E-state index contributed by atoms with van der Waals surface area (Å²) in [6, 6.07) is 4.75. The maximum Gasteiger partial charge on any atom is 0.314 e. The number of piperidine rings is 1. The van der Waals surface area contributed by atoms with Gasteiger partial charge in [0.2, 0.25) is 5.91 Å². The molecule has 1 aromatic carbocycles. The second-order valence-electron chi connectivity index (χ2n) is 6.81. The average molecular weight is 358 g/mol. The first-order valence-electron chi connectivity index (χ1n) is 7.64. The number of likely N-dealkylation sites (tertiary alicyclic amines) is 1. The van der Waals surface area contributed by atoms with E-state index in [1.165, 1.54) is 6.07 Å². The molecule has 0 bridgehead atoms. The fraction of sp³-hybridized carbons (Fsp3) is 0.529. The highest BCUT2D eigenvalue weighted by atomic mass is 35.5. The molecule has 0 N–H and O–H groups in total. The number of halogens is 2. The van der Waals surface area contributed by atoms with Crippen LogP contribution in [0.2, 0.25) is 10.0 Å². The highest BCUT2D eigenvalue weighted by molar-refractivity contribution is 6.35. The lowest BCUT2D eigenvalue weighted by Crippen LogP contribution is -2.45. The van der Waals surface area contributed by atoms with Crippen LogP contribution in [-0.4, -0.2) is 29.9 Å². The van der Waals surface area contributed by atoms with E-state index in [1.807, 2.05) is 25.7 Å². The first kappa shape index (κ1) is 18.1. The van der Waals surface area contributed by atoms with E-state index in [0.717, 1.165) is 0 Å². The molecule has 126 valence electrons. The molecule has 6 heteroatoms. The normalized spacial score (nSPS) is 16.3. The summed E-state index contributed by atoms with van der Waals surface area (Å²) in [4.78, 5) is 26.3. The predicted octanol–water partition coefficient (Wildman–Crippen LogP) is 4.18. The van der Waals surface area contributed by atoms with E-state index < -0.39 is 5.41 Å². The van der Waals surface area contributed by atoms with Crippen LogP contribution in [0.3, 0.4) is 0 Å². The van der Waals surface area contributed by atoms with E-state index in [0.29, 0.717) is 41.7 Å². The molecule has 0 radical (unpaired) electrons. The van der Waals surface area contributed by atoms with E-state index in [-0.39, 0.29) is 17.8 Å². The quantitative estimate of drug-likeness (QED) is 0.589. The molecule has 0 unspecified atom stereocenters. The molecule has 0 aliphatic carbocycles. The zero-order valence-corrected chi connectivity index (χ0v) is 15.1. The number of carbonyl (C=O) groups excluding carboxylic acids is 2. The Morgan fingerprint density at radius 2 is 1.78 bits per heavy atom. The average Bonchev–Trinajstić information content (AvgIpc) is 2.48. The van der Waals surface area contributed by atoms with Crippen LogP contribution in [0.1, 0.15) is 33.6 Å². The highest BCUT2D eigenvalue weighted by Crippen LogP contribution is 2.30. The molecule has 1 aromatic rings. The van der Waals surface area contributed by atoms with Gasteiger partial charge in [-0.2, -0.15) is 0 Å². The number of nitrogens with zero attached hydrogens (tertiary/aromatic N) is 1. The number of benzene rings is 1. The molecule has 0 spiro atoms. The summed E-state index contributed by atoms with van der Waals surface area (Å²) >= 11 is 11.8. The van der Waals surface area contributed by atoms with Crippen LogP contribution in [0.5, 0.6) is 5.75 Å². The third kappa shape index (κ3) is 4.61. The van der Waals surface area contributed by atoms with Crippen LogP contribution in [0, 0.1) is 11.3 Å². The van der Waals surface area contributed by atoms with E-state index in [1.54, 1.807) is 12.1 Å². The summed E-state index contributed by atoms with van der Waals surface area (Å²) in [5, 5.41) is 0.801. The molecule has 1 fully saturated rings. The Bertz CT molecular complexity index is 602. The predicted molar refractivity (Wildman–Crippen MR) is 90.9 cm³/mol. The van der Waals surface area contributed by atoms with Crippen molar-refractivity contribution in [3.8, 4) is 5.75 Å². The number of rotatable bonds is 2. The van der Waals surface area contributed by atoms with Gasteiger partial charge >= 0.3 is 5.97 Å². The Labute approximate surface area is 146 Å². The Hall–Kier alpha value is -1.26. The van der Waals surface area contributed by atoms with Gasteiger partial charge < -0.3 is 9.64 Å². The van der Waals surface area contributed by atoms with E-state index in [9.17, 15) is 9.59 Å². The van der Waals surface area contributed by atoms with Crippen LogP contribution >= 0.6 is 23.2 Å². The second kappa shape index (κ2) is 7.10. The minimum absolute atomic E-state index is 0.116. The van der Waals surface area contributed by atoms with Gasteiger partial charge in [0.15, 0.2) is 0 Å². The Morgan fingerprint density at radius 1 is 1.17 bits per heavy atom. The summed E-state index contributed by atoms with van der Waals surface area (Å²) < 4.78 is 5.37. The number of hydrogen-bond donors (Lipinski definition) is 0. The Morgan fingerprint density at radius 3 is 2.30 bits per heavy atom. The largest absolute Gasteiger partial charge is 0.425 e. The Balaban J connectivity index is 1.92. The van der Waals surface area contributed by atoms with Gasteiger partial charge in [-0.05, 0) is 31.0 Å². The van der Waals surface area contributed by atoms with Gasteiger partial charge in [0.25, 0.3) is 0 Å². The van der Waals surface area contributed by atoms with Crippen molar-refractivity contribution in [3.63, 3.8) is 0 Å². The summed E-state index contributed by atoms with van der Waals surface area (Å²) in [6.45, 7) is 6.85. The van der Waals surface area contributed by atoms with Gasteiger partial charge in [0.05, 0.1) is 10.9 Å². The third-order valence-corrected chi connectivity index (χ3v) is 4.39. The standard InChI is InChI=1S/C17H21Cl2NO3/c1-17(2,3)16(22)20-8-6-11(7-9-20)15(21)23-14-5-4-12(18)10-13(14)19/h4-5,10-11H,6-9H2,1-3H3. The maximum atomic E-state index is 12.3. The summed E-state index contributed by atoms with van der Waals surface area (Å²) in [5.41, 5.74) is -0.399. The molecule has 0 atom stereocenters. The van der Waals surface area contributed by atoms with Crippen molar-refractivity contribution >= 4 is 35.1 Å². The molecule has 0 saturated carbocycles. The van der Waals surface area contributed by atoms with Crippen LogP contribution in [-0.2, 0) is 9.59 Å². The van der Waals surface area contributed by atoms with Gasteiger partial charge in [-0.3, -0.25) is 9.59 Å². The van der Waals surface area contributed by atoms with Crippen molar-refractivity contribution in [2.75, 3.05) is 13.1 Å². The van der Waals surface area contributed by atoms with E-state index in [4.69, 9.17) is 27.9 Å². The van der Waals surface area contributed by atoms with Crippen LogP contribution in [0.25, 0.3) is 0 Å². The molecule has 2 rings (SSSR count). The molecule has 1 amide bonds. The molecular weight excluding hydrogens is 337 g/mol. The number of esters is 1. The molecule has 23 heavy (non-hydrogen) atoms. The summed E-state index contributed by atoms with van der Waals surface area (Å²) in [7, 11) is 0. The van der Waals surface area contributed by atoms with Gasteiger partial charge in [-0.1, -0.05) is 44.0 Å². The van der Waals surface area contributed by atoms with Crippen molar-refractivity contribution < 1.29 is 14.3 Å². The molecule has 4 nitrogen and oxygen atoms in total. The number of amides is 1. The minimum Gasteiger partial charge on any atom is -0.425 e. The highest BCUT2D eigenvalue weighted by Gasteiger charge is 2.33. The first-order valence-corrected chi connectivity index (χ1v) is 8.40. The number of ether oxygens (including phenoxy) is 1. The van der Waals surface area contributed by atoms with Crippen molar-refractivity contribution in [2.45, 2.75) is 33.6 Å². The van der Waals surface area contributed by atoms with Gasteiger partial charge in [-0.15, -0.1) is 0 Å². The summed E-state index contributed by atoms with van der Waals surface area (Å²) in [5.74, 6) is -0.0952. The lowest BCUT2D eigenvalue weighted by atomic mass is 9.91. The van der Waals surface area contributed by atoms with Gasteiger partial charge in [0, 0.05) is 23.5 Å². The SMILES string of the molecule is CC(C)(C)C(=O)N1CCC(C(=O)Oc2ccc(Cl)cc2Cl)CC1. The van der Waals surface area contributed by atoms with E-state index >= 15 is 0 Å². The van der Waals surface area contributed by atoms with Crippen LogP contribution < -0.4 is 4.74 Å². The number of carbonyl (C=O) groups is 2. The summed E-state index contributed by atoms with van der Waals surface area (Å²) in [6.07, 6.45) is 1.21. The molecule has 0 aromatic heterocycles. The molecule has 1 aliphatic heterocycles. The van der Waals surface area contributed by atoms with Crippen LogP contribution in [0.4, 0.5) is 0 Å². The molecular formula is C17H21Cl2NO3. The first-order chi connectivity index (χ1) is 10.7. The second-order valence-corrected chi connectivity index (χ2v) is 7.66. The lowest BCUT2D eigenvalue weighted by Gasteiger charge is -2.34. The smallest absolute Gasteiger partial charge is 0.314 e. The molecule has 1 saturated heterocycles. The monoisotopic (exact) mass is 357 g/mol.